The number of hydrogen-bond acceptors (Lipinski definition) is 8. The van der Waals surface area contributed by atoms with Gasteiger partial charge in [0.05, 0.1) is 42.4 Å². The first kappa shape index (κ1) is 21.0. The molecule has 0 radical (unpaired) electrons. The van der Waals surface area contributed by atoms with Crippen molar-refractivity contribution in [3.8, 4) is 0 Å². The van der Waals surface area contributed by atoms with E-state index in [1.54, 1.807) is 6.92 Å². The Bertz CT molecular complexity index is 697. The van der Waals surface area contributed by atoms with Crippen LogP contribution in [0, 0.1) is 0 Å². The van der Waals surface area contributed by atoms with Gasteiger partial charge < -0.3 is 19.3 Å². The average Bonchev–Trinajstić information content (AvgIpc) is 2.58. The maximum Gasteiger partial charge on any atom is 0.338 e. The minimum Gasteiger partial charge on any atom is -0.462 e. The smallest absolute Gasteiger partial charge is 0.338 e. The molecular formula is C15H20O9S. The highest BCUT2D eigenvalue weighted by Gasteiger charge is 2.20. The number of aliphatic hydroxyl groups is 1. The van der Waals surface area contributed by atoms with Gasteiger partial charge in [-0.1, -0.05) is 6.92 Å². The molecule has 0 saturated heterocycles. The van der Waals surface area contributed by atoms with Gasteiger partial charge in [0.15, 0.2) is 0 Å². The van der Waals surface area contributed by atoms with Crippen molar-refractivity contribution in [2.24, 2.45) is 0 Å². The summed E-state index contributed by atoms with van der Waals surface area (Å²) in [6.45, 7) is 1.72. The van der Waals surface area contributed by atoms with Crippen LogP contribution in [0.2, 0.25) is 0 Å². The lowest BCUT2D eigenvalue weighted by Crippen LogP contribution is -2.14. The van der Waals surface area contributed by atoms with Crippen molar-refractivity contribution in [3.63, 3.8) is 0 Å². The Balaban J connectivity index is 2.97. The van der Waals surface area contributed by atoms with Crippen LogP contribution < -0.4 is 0 Å². The summed E-state index contributed by atoms with van der Waals surface area (Å²) in [5.41, 5.74) is -0.437. The zero-order valence-corrected chi connectivity index (χ0v) is 14.5. The summed E-state index contributed by atoms with van der Waals surface area (Å²) in [5.74, 6) is -1.73. The standard InChI is InChI=1S/C15H20O9S/c1-2-4-23-14(17)11-8-12(10-13(9-11)25(19,20)21)15(18)24-7-6-22-5-3-16/h8-10,16H,2-7H2,1H3,(H,19,20,21). The fraction of sp³-hybridized carbons (Fsp3) is 0.467. The van der Waals surface area contributed by atoms with Gasteiger partial charge in [0.1, 0.15) is 6.61 Å². The molecule has 0 saturated carbocycles. The predicted molar refractivity (Wildman–Crippen MR) is 85.0 cm³/mol. The van der Waals surface area contributed by atoms with Gasteiger partial charge in [0.25, 0.3) is 10.1 Å². The van der Waals surface area contributed by atoms with Crippen LogP contribution in [0.3, 0.4) is 0 Å². The van der Waals surface area contributed by atoms with Crippen molar-refractivity contribution in [2.45, 2.75) is 18.2 Å². The number of hydrogen-bond donors (Lipinski definition) is 2. The van der Waals surface area contributed by atoms with E-state index in [9.17, 15) is 22.6 Å². The molecule has 0 amide bonds. The van der Waals surface area contributed by atoms with Crippen LogP contribution >= 0.6 is 0 Å². The molecule has 0 heterocycles. The lowest BCUT2D eigenvalue weighted by molar-refractivity contribution is 0.0258. The second-order valence-electron chi connectivity index (χ2n) is 4.83. The zero-order valence-electron chi connectivity index (χ0n) is 13.6. The van der Waals surface area contributed by atoms with Crippen molar-refractivity contribution in [1.82, 2.24) is 0 Å². The molecule has 0 unspecified atom stereocenters. The normalized spacial score (nSPS) is 11.2. The number of esters is 2. The Labute approximate surface area is 145 Å². The molecule has 0 spiro atoms. The average molecular weight is 376 g/mol. The summed E-state index contributed by atoms with van der Waals surface area (Å²) in [6, 6.07) is 2.92. The van der Waals surface area contributed by atoms with Gasteiger partial charge in [-0.2, -0.15) is 8.42 Å². The topological polar surface area (TPSA) is 136 Å². The lowest BCUT2D eigenvalue weighted by atomic mass is 10.1. The number of rotatable bonds is 10. The van der Waals surface area contributed by atoms with Crippen LogP contribution in [0.5, 0.6) is 0 Å². The van der Waals surface area contributed by atoms with E-state index >= 15 is 0 Å². The monoisotopic (exact) mass is 376 g/mol. The molecule has 0 aromatic heterocycles. The van der Waals surface area contributed by atoms with Crippen LogP contribution in [0.4, 0.5) is 0 Å². The van der Waals surface area contributed by atoms with E-state index in [0.717, 1.165) is 18.2 Å². The lowest BCUT2D eigenvalue weighted by Gasteiger charge is -2.09. The number of carbonyl (C=O) groups excluding carboxylic acids is 2. The van der Waals surface area contributed by atoms with Crippen LogP contribution in [-0.2, 0) is 24.3 Å². The first-order valence-electron chi connectivity index (χ1n) is 7.45. The van der Waals surface area contributed by atoms with Crippen molar-refractivity contribution < 1.29 is 41.9 Å². The quantitative estimate of drug-likeness (QED) is 0.343. The molecule has 1 rings (SSSR count). The third-order valence-electron chi connectivity index (χ3n) is 2.81. The van der Waals surface area contributed by atoms with Crippen molar-refractivity contribution in [3.05, 3.63) is 29.3 Å². The van der Waals surface area contributed by atoms with Crippen LogP contribution in [0.25, 0.3) is 0 Å². The van der Waals surface area contributed by atoms with Gasteiger partial charge in [-0.05, 0) is 24.6 Å². The maximum atomic E-state index is 12.0. The minimum atomic E-state index is -4.64. The molecule has 9 nitrogen and oxygen atoms in total. The summed E-state index contributed by atoms with van der Waals surface area (Å²) in [4.78, 5) is 23.3. The van der Waals surface area contributed by atoms with Gasteiger partial charge in [-0.15, -0.1) is 0 Å². The molecule has 0 aliphatic heterocycles. The summed E-state index contributed by atoms with van der Waals surface area (Å²) in [6.07, 6.45) is 0.562. The molecule has 2 N–H and O–H groups in total. The predicted octanol–water partition coefficient (Wildman–Crippen LogP) is 0.666. The molecule has 10 heteroatoms. The van der Waals surface area contributed by atoms with E-state index < -0.39 is 27.0 Å². The molecule has 25 heavy (non-hydrogen) atoms. The third-order valence-corrected chi connectivity index (χ3v) is 3.64. The first-order valence-corrected chi connectivity index (χ1v) is 8.89. The largest absolute Gasteiger partial charge is 0.462 e. The van der Waals surface area contributed by atoms with Gasteiger partial charge in [0, 0.05) is 0 Å². The van der Waals surface area contributed by atoms with Crippen molar-refractivity contribution in [1.29, 1.82) is 0 Å². The third kappa shape index (κ3) is 7.18. The van der Waals surface area contributed by atoms with Crippen LogP contribution in [0.15, 0.2) is 23.1 Å². The number of carbonyl (C=O) groups is 2. The SMILES string of the molecule is CCCOC(=O)c1cc(C(=O)OCCOCCO)cc(S(=O)(=O)O)c1. The van der Waals surface area contributed by atoms with Crippen LogP contribution in [0.1, 0.15) is 34.1 Å². The van der Waals surface area contributed by atoms with Crippen molar-refractivity contribution in [2.75, 3.05) is 33.0 Å². The molecule has 0 bridgehead atoms. The number of benzene rings is 1. The summed E-state index contributed by atoms with van der Waals surface area (Å²) in [7, 11) is -4.64. The number of aliphatic hydroxyl groups excluding tert-OH is 1. The molecular weight excluding hydrogens is 356 g/mol. The Hall–Kier alpha value is -2.01. The molecule has 0 aliphatic carbocycles. The van der Waals surface area contributed by atoms with E-state index in [1.165, 1.54) is 0 Å². The van der Waals surface area contributed by atoms with E-state index in [2.05, 4.69) is 0 Å². The maximum absolute atomic E-state index is 12.0. The summed E-state index contributed by atoms with van der Waals surface area (Å²) >= 11 is 0. The van der Waals surface area contributed by atoms with Crippen LogP contribution in [-0.4, -0.2) is 63.1 Å². The Morgan fingerprint density at radius 1 is 0.960 bits per heavy atom. The Morgan fingerprint density at radius 2 is 1.52 bits per heavy atom. The highest BCUT2D eigenvalue weighted by molar-refractivity contribution is 7.85. The Morgan fingerprint density at radius 3 is 2.00 bits per heavy atom. The van der Waals surface area contributed by atoms with Gasteiger partial charge in [-0.25, -0.2) is 9.59 Å². The Kier molecular flexibility index (Phi) is 8.49. The molecule has 0 fully saturated rings. The molecule has 0 atom stereocenters. The van der Waals surface area contributed by atoms with Crippen molar-refractivity contribution >= 4 is 22.1 Å². The molecule has 140 valence electrons. The fourth-order valence-electron chi connectivity index (χ4n) is 1.71. The summed E-state index contributed by atoms with van der Waals surface area (Å²) in [5, 5.41) is 8.55. The van der Waals surface area contributed by atoms with E-state index in [0.29, 0.717) is 6.42 Å². The molecule has 0 aliphatic rings. The van der Waals surface area contributed by atoms with E-state index in [4.69, 9.17) is 19.3 Å². The minimum absolute atomic E-state index is 0.0374. The second kappa shape index (κ2) is 10.1. The zero-order chi connectivity index (χ0) is 18.9. The molecule has 1 aromatic carbocycles. The van der Waals surface area contributed by atoms with Gasteiger partial charge in [-0.3, -0.25) is 4.55 Å². The molecule has 1 aromatic rings. The summed E-state index contributed by atoms with van der Waals surface area (Å²) < 4.78 is 46.5. The fourth-order valence-corrected chi connectivity index (χ4v) is 2.26. The number of ether oxygens (including phenoxy) is 3. The second-order valence-corrected chi connectivity index (χ2v) is 6.25. The van der Waals surface area contributed by atoms with E-state index in [1.807, 2.05) is 0 Å². The highest BCUT2D eigenvalue weighted by atomic mass is 32.2. The van der Waals surface area contributed by atoms with E-state index in [-0.39, 0.29) is 44.2 Å². The van der Waals surface area contributed by atoms with Gasteiger partial charge in [0.2, 0.25) is 0 Å². The highest BCUT2D eigenvalue weighted by Crippen LogP contribution is 2.17. The first-order chi connectivity index (χ1) is 11.8. The van der Waals surface area contributed by atoms with Gasteiger partial charge >= 0.3 is 11.9 Å².